The van der Waals surface area contributed by atoms with Crippen LogP contribution in [-0.4, -0.2) is 54.6 Å². The van der Waals surface area contributed by atoms with Crippen LogP contribution < -0.4 is 14.2 Å². The predicted molar refractivity (Wildman–Crippen MR) is 138 cm³/mol. The third-order valence-electron chi connectivity index (χ3n) is 5.53. The van der Waals surface area contributed by atoms with Gasteiger partial charge in [0.2, 0.25) is 21.7 Å². The molecule has 204 valence electrons. The molecule has 1 amide bonds. The molecule has 0 fully saturated rings. The van der Waals surface area contributed by atoms with Crippen LogP contribution in [0.3, 0.4) is 0 Å². The average molecular weight is 549 g/mol. The van der Waals surface area contributed by atoms with Gasteiger partial charge in [0.15, 0.2) is 11.6 Å². The number of benzene rings is 1. The number of ether oxygens (including phenoxy) is 2. The molecule has 9 nitrogen and oxygen atoms in total. The summed E-state index contributed by atoms with van der Waals surface area (Å²) in [5, 5.41) is 0. The maximum absolute atomic E-state index is 14.9. The van der Waals surface area contributed by atoms with Crippen molar-refractivity contribution in [3.8, 4) is 17.4 Å². The summed E-state index contributed by atoms with van der Waals surface area (Å²) in [5.74, 6) is -3.85. The number of hydrogen-bond donors (Lipinski definition) is 1. The van der Waals surface area contributed by atoms with Gasteiger partial charge in [-0.25, -0.2) is 22.5 Å². The highest BCUT2D eigenvalue weighted by atomic mass is 32.2. The summed E-state index contributed by atoms with van der Waals surface area (Å²) in [6, 6.07) is 10.5. The Balaban J connectivity index is 1.75. The SMILES string of the molecule is CC[C@@H](Oc1ccc(C(=O)NS(=O)(=O)C(C)(C)CN(C)C)c(F)c1F)c1ccc(Oc2ccccn2)cn1. The highest BCUT2D eigenvalue weighted by Crippen LogP contribution is 2.30. The van der Waals surface area contributed by atoms with Crippen molar-refractivity contribution in [1.29, 1.82) is 0 Å². The predicted octanol–water partition coefficient (Wildman–Crippen LogP) is 4.48. The maximum atomic E-state index is 14.9. The van der Waals surface area contributed by atoms with Crippen molar-refractivity contribution in [1.82, 2.24) is 19.6 Å². The molecule has 0 aliphatic rings. The molecule has 1 atom stereocenters. The van der Waals surface area contributed by atoms with E-state index in [9.17, 15) is 22.0 Å². The van der Waals surface area contributed by atoms with Gasteiger partial charge in [-0.05, 0) is 64.7 Å². The fraction of sp³-hybridized carbons (Fsp3) is 0.346. The second-order valence-corrected chi connectivity index (χ2v) is 11.7. The van der Waals surface area contributed by atoms with Crippen LogP contribution in [0, 0.1) is 11.6 Å². The van der Waals surface area contributed by atoms with Crippen LogP contribution in [0.25, 0.3) is 0 Å². The lowest BCUT2D eigenvalue weighted by Gasteiger charge is -2.28. The maximum Gasteiger partial charge on any atom is 0.267 e. The van der Waals surface area contributed by atoms with E-state index >= 15 is 0 Å². The summed E-state index contributed by atoms with van der Waals surface area (Å²) in [5.41, 5.74) is -0.321. The first-order valence-electron chi connectivity index (χ1n) is 11.8. The lowest BCUT2D eigenvalue weighted by molar-refractivity contribution is 0.0974. The van der Waals surface area contributed by atoms with Gasteiger partial charge in [-0.3, -0.25) is 9.78 Å². The zero-order valence-corrected chi connectivity index (χ0v) is 22.6. The molecule has 0 bridgehead atoms. The quantitative estimate of drug-likeness (QED) is 0.374. The molecule has 0 unspecified atom stereocenters. The van der Waals surface area contributed by atoms with E-state index in [-0.39, 0.29) is 6.54 Å². The summed E-state index contributed by atoms with van der Waals surface area (Å²) in [6.07, 6.45) is 2.68. The van der Waals surface area contributed by atoms with E-state index in [1.54, 1.807) is 62.4 Å². The number of amides is 1. The minimum atomic E-state index is -4.21. The van der Waals surface area contributed by atoms with Gasteiger partial charge in [-0.1, -0.05) is 13.0 Å². The van der Waals surface area contributed by atoms with Crippen molar-refractivity contribution in [3.63, 3.8) is 0 Å². The Morgan fingerprint density at radius 2 is 1.82 bits per heavy atom. The summed E-state index contributed by atoms with van der Waals surface area (Å²) in [7, 11) is -0.855. The minimum Gasteiger partial charge on any atom is -0.481 e. The molecule has 1 N–H and O–H groups in total. The fourth-order valence-corrected chi connectivity index (χ4v) is 4.70. The highest BCUT2D eigenvalue weighted by molar-refractivity contribution is 7.91. The van der Waals surface area contributed by atoms with Gasteiger partial charge >= 0.3 is 0 Å². The van der Waals surface area contributed by atoms with Crippen molar-refractivity contribution in [2.24, 2.45) is 0 Å². The zero-order chi connectivity index (χ0) is 28.1. The summed E-state index contributed by atoms with van der Waals surface area (Å²) >= 11 is 0. The molecule has 0 spiro atoms. The number of hydrogen-bond acceptors (Lipinski definition) is 8. The Kier molecular flexibility index (Phi) is 9.00. The van der Waals surface area contributed by atoms with Crippen LogP contribution in [-0.2, 0) is 10.0 Å². The van der Waals surface area contributed by atoms with E-state index in [4.69, 9.17) is 9.47 Å². The molecular formula is C26H30F2N4O5S. The Morgan fingerprint density at radius 3 is 2.39 bits per heavy atom. The lowest BCUT2D eigenvalue weighted by atomic mass is 10.1. The van der Waals surface area contributed by atoms with Gasteiger partial charge in [0, 0.05) is 18.8 Å². The monoisotopic (exact) mass is 548 g/mol. The Morgan fingerprint density at radius 1 is 1.08 bits per heavy atom. The molecule has 3 rings (SSSR count). The lowest BCUT2D eigenvalue weighted by Crippen LogP contribution is -2.49. The van der Waals surface area contributed by atoms with Gasteiger partial charge in [-0.15, -0.1) is 0 Å². The molecule has 3 aromatic rings. The van der Waals surface area contributed by atoms with Crippen molar-refractivity contribution in [2.75, 3.05) is 20.6 Å². The molecule has 0 saturated carbocycles. The number of pyridine rings is 2. The largest absolute Gasteiger partial charge is 0.481 e. The topological polar surface area (TPSA) is 111 Å². The molecule has 38 heavy (non-hydrogen) atoms. The summed E-state index contributed by atoms with van der Waals surface area (Å²) in [6.45, 7) is 4.72. The number of nitrogens with zero attached hydrogens (tertiary/aromatic N) is 3. The Bertz CT molecular complexity index is 1370. The molecule has 1 aromatic carbocycles. The van der Waals surface area contributed by atoms with Gasteiger partial charge in [0.05, 0.1) is 22.2 Å². The average Bonchev–Trinajstić information content (AvgIpc) is 2.85. The summed E-state index contributed by atoms with van der Waals surface area (Å²) in [4.78, 5) is 22.6. The Labute approximate surface area is 220 Å². The van der Waals surface area contributed by atoms with Crippen LogP contribution in [0.15, 0.2) is 54.9 Å². The molecule has 2 aromatic heterocycles. The third kappa shape index (κ3) is 6.81. The van der Waals surface area contributed by atoms with Crippen molar-refractivity contribution in [3.05, 3.63) is 77.8 Å². The second kappa shape index (κ2) is 11.8. The van der Waals surface area contributed by atoms with E-state index in [2.05, 4.69) is 9.97 Å². The van der Waals surface area contributed by atoms with Gasteiger partial charge in [-0.2, -0.15) is 4.39 Å². The fourth-order valence-electron chi connectivity index (χ4n) is 3.64. The normalized spacial score (nSPS) is 12.7. The van der Waals surface area contributed by atoms with Crippen LogP contribution in [0.5, 0.6) is 17.4 Å². The van der Waals surface area contributed by atoms with E-state index < -0.39 is 49.7 Å². The van der Waals surface area contributed by atoms with Crippen LogP contribution in [0.1, 0.15) is 49.3 Å². The van der Waals surface area contributed by atoms with E-state index in [1.165, 1.54) is 20.0 Å². The smallest absolute Gasteiger partial charge is 0.267 e. The zero-order valence-electron chi connectivity index (χ0n) is 21.7. The number of halogens is 2. The third-order valence-corrected chi connectivity index (χ3v) is 7.57. The van der Waals surface area contributed by atoms with Gasteiger partial charge in [0.1, 0.15) is 11.9 Å². The minimum absolute atomic E-state index is 0.0991. The molecule has 0 radical (unpaired) electrons. The first kappa shape index (κ1) is 28.9. The Hall–Kier alpha value is -3.64. The van der Waals surface area contributed by atoms with E-state index in [0.29, 0.717) is 23.7 Å². The van der Waals surface area contributed by atoms with Gasteiger partial charge in [0.25, 0.3) is 5.91 Å². The number of carbonyl (C=O) groups excluding carboxylic acids is 1. The molecule has 12 heteroatoms. The molecule has 0 saturated heterocycles. The van der Waals surface area contributed by atoms with Crippen molar-refractivity contribution >= 4 is 15.9 Å². The van der Waals surface area contributed by atoms with E-state index in [1.807, 2.05) is 4.72 Å². The number of rotatable bonds is 11. The number of carbonyl (C=O) groups is 1. The molecule has 0 aliphatic heterocycles. The molecule has 0 aliphatic carbocycles. The number of aromatic nitrogens is 2. The number of nitrogens with one attached hydrogen (secondary N) is 1. The van der Waals surface area contributed by atoms with Crippen molar-refractivity contribution < 1.29 is 31.5 Å². The van der Waals surface area contributed by atoms with Crippen LogP contribution >= 0.6 is 0 Å². The standard InChI is InChI=1S/C26H30F2N4O5S/c1-6-20(19-12-10-17(15-30-19)36-22-9-7-8-14-29-22)37-21-13-11-18(23(27)24(21)28)25(33)31-38(34,35)26(2,3)16-32(4)5/h7-15,20H,6,16H2,1-5H3,(H,31,33)/t20-/m1/s1. The van der Waals surface area contributed by atoms with Crippen LogP contribution in [0.2, 0.25) is 0 Å². The number of sulfonamides is 1. The first-order valence-corrected chi connectivity index (χ1v) is 13.2. The van der Waals surface area contributed by atoms with Gasteiger partial charge < -0.3 is 14.4 Å². The van der Waals surface area contributed by atoms with Crippen molar-refractivity contribution in [2.45, 2.75) is 38.0 Å². The van der Waals surface area contributed by atoms with E-state index in [0.717, 1.165) is 12.1 Å². The molecular weight excluding hydrogens is 518 g/mol. The summed E-state index contributed by atoms with van der Waals surface area (Å²) < 4.78 is 66.9. The first-order chi connectivity index (χ1) is 17.8. The second-order valence-electron chi connectivity index (χ2n) is 9.37. The van der Waals surface area contributed by atoms with Crippen LogP contribution in [0.4, 0.5) is 8.78 Å². The molecule has 2 heterocycles. The highest BCUT2D eigenvalue weighted by Gasteiger charge is 2.37.